The lowest BCUT2D eigenvalue weighted by atomic mass is 9.87. The first-order valence-electron chi connectivity index (χ1n) is 7.49. The Hall–Kier alpha value is -1.84. The number of nitrogens with zero attached hydrogens (tertiary/aromatic N) is 1. The summed E-state index contributed by atoms with van der Waals surface area (Å²) >= 11 is 0. The molecule has 23 heavy (non-hydrogen) atoms. The average molecular weight is 317 g/mol. The van der Waals surface area contributed by atoms with Crippen LogP contribution in [0.5, 0.6) is 0 Å². The summed E-state index contributed by atoms with van der Waals surface area (Å²) in [6, 6.07) is 2.95. The molecule has 0 radical (unpaired) electrons. The third-order valence-corrected chi connectivity index (χ3v) is 4.22. The third-order valence-electron chi connectivity index (χ3n) is 4.22. The molecule has 1 aliphatic rings. The summed E-state index contributed by atoms with van der Waals surface area (Å²) in [6.07, 6.45) is 2.88. The fraction of sp³-hybridized carbons (Fsp3) is 0.471. The number of hydrogen-bond acceptors (Lipinski definition) is 3. The molecule has 6 heteroatoms. The van der Waals surface area contributed by atoms with E-state index in [1.165, 1.54) is 16.7 Å². The molecule has 1 aliphatic heterocycles. The molecule has 0 atom stereocenters. The number of halogens is 1. The zero-order chi connectivity index (χ0) is 17.3. The van der Waals surface area contributed by atoms with Crippen LogP contribution in [0.1, 0.15) is 40.2 Å². The summed E-state index contributed by atoms with van der Waals surface area (Å²) in [6.45, 7) is 9.43. The minimum atomic E-state index is -1.05. The second kappa shape index (κ2) is 6.35. The van der Waals surface area contributed by atoms with Crippen molar-refractivity contribution >= 4 is 13.2 Å². The number of aromatic nitrogens is 1. The Morgan fingerprint density at radius 3 is 2.48 bits per heavy atom. The molecule has 0 unspecified atom stereocenters. The van der Waals surface area contributed by atoms with Gasteiger partial charge >= 0.3 is 7.12 Å². The zero-order valence-corrected chi connectivity index (χ0v) is 14.1. The lowest BCUT2D eigenvalue weighted by Crippen LogP contribution is -2.41. The van der Waals surface area contributed by atoms with Gasteiger partial charge in [-0.15, -0.1) is 5.92 Å². The highest BCUT2D eigenvalue weighted by atomic mass is 19.1. The second-order valence-electron chi connectivity index (χ2n) is 6.47. The Labute approximate surface area is 136 Å². The predicted molar refractivity (Wildman–Crippen MR) is 89.3 cm³/mol. The van der Waals surface area contributed by atoms with Crippen molar-refractivity contribution in [1.29, 1.82) is 0 Å². The van der Waals surface area contributed by atoms with E-state index in [2.05, 4.69) is 11.8 Å². The molecular formula is C17H21BFNO3. The van der Waals surface area contributed by atoms with E-state index in [0.717, 1.165) is 0 Å². The van der Waals surface area contributed by atoms with Gasteiger partial charge in [-0.3, -0.25) is 4.79 Å². The summed E-state index contributed by atoms with van der Waals surface area (Å²) in [5, 5.41) is 0. The van der Waals surface area contributed by atoms with E-state index in [1.807, 2.05) is 27.7 Å². The summed E-state index contributed by atoms with van der Waals surface area (Å²) in [5.74, 6) is 5.54. The molecule has 0 amide bonds. The molecule has 2 heterocycles. The topological polar surface area (TPSA) is 40.5 Å². The molecule has 0 aliphatic carbocycles. The highest BCUT2D eigenvalue weighted by molar-refractivity contribution is 6.54. The van der Waals surface area contributed by atoms with Gasteiger partial charge in [-0.2, -0.15) is 0 Å². The minimum absolute atomic E-state index is 0.180. The number of pyridine rings is 1. The molecule has 2 rings (SSSR count). The van der Waals surface area contributed by atoms with E-state index in [9.17, 15) is 9.18 Å². The van der Waals surface area contributed by atoms with Crippen LogP contribution in [0, 0.1) is 11.8 Å². The molecule has 1 aromatic heterocycles. The largest absolute Gasteiger partial charge is 0.525 e. The van der Waals surface area contributed by atoms with Gasteiger partial charge in [0.2, 0.25) is 0 Å². The van der Waals surface area contributed by atoms with Crippen molar-refractivity contribution < 1.29 is 13.7 Å². The third kappa shape index (κ3) is 3.74. The fourth-order valence-electron chi connectivity index (χ4n) is 2.11. The molecule has 0 saturated carbocycles. The van der Waals surface area contributed by atoms with Crippen LogP contribution in [0.3, 0.4) is 0 Å². The quantitative estimate of drug-likeness (QED) is 0.636. The molecular weight excluding hydrogens is 296 g/mol. The van der Waals surface area contributed by atoms with Crippen LogP contribution < -0.4 is 5.56 Å². The van der Waals surface area contributed by atoms with E-state index in [4.69, 9.17) is 9.31 Å². The standard InChI is InChI=1S/C17H21BFNO3/c1-6-7-10-20-12-13(8-9-15(20)21)11-14(19)18-22-16(2,3)17(4,5)23-18/h8-9,11-12H,10H2,1-5H3. The predicted octanol–water partition coefficient (Wildman–Crippen LogP) is 2.81. The first-order chi connectivity index (χ1) is 10.7. The van der Waals surface area contributed by atoms with Gasteiger partial charge in [0, 0.05) is 12.3 Å². The average Bonchev–Trinajstić information content (AvgIpc) is 2.68. The van der Waals surface area contributed by atoms with E-state index < -0.39 is 24.0 Å². The van der Waals surface area contributed by atoms with Crippen molar-refractivity contribution in [2.45, 2.75) is 52.4 Å². The maximum Gasteiger partial charge on any atom is 0.525 e. The Morgan fingerprint density at radius 2 is 1.91 bits per heavy atom. The highest BCUT2D eigenvalue weighted by Crippen LogP contribution is 2.38. The van der Waals surface area contributed by atoms with Gasteiger partial charge in [-0.1, -0.05) is 5.92 Å². The molecule has 1 saturated heterocycles. The molecule has 4 nitrogen and oxygen atoms in total. The molecule has 0 aromatic carbocycles. The zero-order valence-electron chi connectivity index (χ0n) is 14.1. The van der Waals surface area contributed by atoms with Crippen LogP contribution in [0.4, 0.5) is 4.39 Å². The number of hydrogen-bond donors (Lipinski definition) is 0. The molecule has 1 aromatic rings. The highest BCUT2D eigenvalue weighted by Gasteiger charge is 2.53. The number of rotatable bonds is 3. The van der Waals surface area contributed by atoms with Gasteiger partial charge in [0.1, 0.15) is 5.73 Å². The van der Waals surface area contributed by atoms with Gasteiger partial charge in [0.25, 0.3) is 5.56 Å². The second-order valence-corrected chi connectivity index (χ2v) is 6.47. The van der Waals surface area contributed by atoms with Crippen molar-refractivity contribution in [1.82, 2.24) is 4.57 Å². The maximum absolute atomic E-state index is 14.5. The minimum Gasteiger partial charge on any atom is -0.398 e. The lowest BCUT2D eigenvalue weighted by Gasteiger charge is -2.32. The summed E-state index contributed by atoms with van der Waals surface area (Å²) in [7, 11) is -1.05. The molecule has 1 fully saturated rings. The van der Waals surface area contributed by atoms with E-state index in [1.54, 1.807) is 19.2 Å². The first-order valence-corrected chi connectivity index (χ1v) is 7.49. The SMILES string of the molecule is CC#CCn1cc(C=C(F)B2OC(C)(C)C(C)(C)O2)ccc1=O. The lowest BCUT2D eigenvalue weighted by molar-refractivity contribution is 0.00578. The van der Waals surface area contributed by atoms with Gasteiger partial charge in [0.15, 0.2) is 0 Å². The summed E-state index contributed by atoms with van der Waals surface area (Å²) < 4.78 is 27.2. The van der Waals surface area contributed by atoms with Crippen molar-refractivity contribution in [3.8, 4) is 11.8 Å². The Morgan fingerprint density at radius 1 is 1.30 bits per heavy atom. The van der Waals surface area contributed by atoms with E-state index >= 15 is 0 Å². The van der Waals surface area contributed by atoms with Crippen LogP contribution in [0.2, 0.25) is 0 Å². The van der Waals surface area contributed by atoms with Crippen molar-refractivity contribution in [2.24, 2.45) is 0 Å². The van der Waals surface area contributed by atoms with Crippen molar-refractivity contribution in [2.75, 3.05) is 0 Å². The van der Waals surface area contributed by atoms with E-state index in [-0.39, 0.29) is 12.1 Å². The van der Waals surface area contributed by atoms with Crippen LogP contribution in [-0.2, 0) is 15.9 Å². The molecule has 122 valence electrons. The smallest absolute Gasteiger partial charge is 0.398 e. The summed E-state index contributed by atoms with van der Waals surface area (Å²) in [5.41, 5.74) is -1.36. The van der Waals surface area contributed by atoms with Gasteiger partial charge in [-0.05, 0) is 52.3 Å². The van der Waals surface area contributed by atoms with Crippen LogP contribution in [-0.4, -0.2) is 22.9 Å². The normalized spacial score (nSPS) is 19.4. The van der Waals surface area contributed by atoms with Crippen LogP contribution >= 0.6 is 0 Å². The van der Waals surface area contributed by atoms with Crippen LogP contribution in [0.15, 0.2) is 28.9 Å². The maximum atomic E-state index is 14.5. The molecule has 0 bridgehead atoms. The first kappa shape index (κ1) is 17.5. The monoisotopic (exact) mass is 317 g/mol. The Bertz CT molecular complexity index is 724. The van der Waals surface area contributed by atoms with Gasteiger partial charge in [-0.25, -0.2) is 4.39 Å². The van der Waals surface area contributed by atoms with E-state index in [0.29, 0.717) is 5.56 Å². The van der Waals surface area contributed by atoms with Gasteiger partial charge < -0.3 is 13.9 Å². The van der Waals surface area contributed by atoms with Crippen LogP contribution in [0.25, 0.3) is 6.08 Å². The van der Waals surface area contributed by atoms with Gasteiger partial charge in [0.05, 0.1) is 17.7 Å². The Kier molecular flexibility index (Phi) is 4.83. The van der Waals surface area contributed by atoms with Crippen molar-refractivity contribution in [3.63, 3.8) is 0 Å². The Balaban J connectivity index is 2.25. The molecule has 0 spiro atoms. The van der Waals surface area contributed by atoms with Crippen molar-refractivity contribution in [3.05, 3.63) is 40.0 Å². The molecule has 0 N–H and O–H groups in total. The fourth-order valence-corrected chi connectivity index (χ4v) is 2.11. The summed E-state index contributed by atoms with van der Waals surface area (Å²) in [4.78, 5) is 11.7.